The van der Waals surface area contributed by atoms with Gasteiger partial charge >= 0.3 is 0 Å². The Bertz CT molecular complexity index is 611. The molecule has 0 fully saturated rings. The van der Waals surface area contributed by atoms with Gasteiger partial charge in [0.1, 0.15) is 30.4 Å². The molecular weight excluding hydrogens is 244 g/mol. The van der Waals surface area contributed by atoms with Crippen LogP contribution in [0.1, 0.15) is 11.1 Å². The topological polar surface area (TPSA) is 63.9 Å². The summed E-state index contributed by atoms with van der Waals surface area (Å²) >= 11 is 0. The van der Waals surface area contributed by atoms with E-state index in [9.17, 15) is 0 Å². The second kappa shape index (κ2) is 4.97. The molecule has 0 amide bonds. The summed E-state index contributed by atoms with van der Waals surface area (Å²) in [5, 5.41) is 12.0. The predicted molar refractivity (Wildman–Crippen MR) is 68.8 cm³/mol. The van der Waals surface area contributed by atoms with Gasteiger partial charge in [0, 0.05) is 29.6 Å². The normalized spacial score (nSPS) is 15.1. The summed E-state index contributed by atoms with van der Waals surface area (Å²) in [5.41, 5.74) is 2.34. The van der Waals surface area contributed by atoms with Crippen molar-refractivity contribution in [3.05, 3.63) is 53.9 Å². The molecule has 1 aromatic heterocycles. The molecule has 1 aromatic carbocycles. The molecule has 19 heavy (non-hydrogen) atoms. The van der Waals surface area contributed by atoms with Crippen molar-refractivity contribution in [1.29, 1.82) is 0 Å². The molecule has 1 N–H and O–H groups in total. The molecule has 0 unspecified atom stereocenters. The van der Waals surface area contributed by atoms with Crippen molar-refractivity contribution in [3.8, 4) is 11.5 Å². The van der Waals surface area contributed by atoms with Crippen molar-refractivity contribution in [1.82, 2.24) is 4.98 Å². The van der Waals surface area contributed by atoms with E-state index >= 15 is 0 Å². The minimum atomic E-state index is 0.290. The van der Waals surface area contributed by atoms with Gasteiger partial charge in [-0.05, 0) is 18.2 Å². The molecule has 2 aromatic rings. The maximum atomic E-state index is 8.80. The summed E-state index contributed by atoms with van der Waals surface area (Å²) in [6.07, 6.45) is 3.49. The number of benzene rings is 1. The fraction of sp³-hybridized carbons (Fsp3) is 0.143. The van der Waals surface area contributed by atoms with E-state index in [4.69, 9.17) is 14.7 Å². The number of fused-ring (bicyclic) bond motifs is 1. The third kappa shape index (κ3) is 2.35. The number of oxime groups is 1. The lowest BCUT2D eigenvalue weighted by molar-refractivity contribution is 0.302. The maximum Gasteiger partial charge on any atom is 0.134 e. The fourth-order valence-corrected chi connectivity index (χ4v) is 1.91. The monoisotopic (exact) mass is 256 g/mol. The largest absolute Gasteiger partial charge is 0.489 e. The molecule has 2 heterocycles. The van der Waals surface area contributed by atoms with Gasteiger partial charge in [0.05, 0.1) is 0 Å². The lowest BCUT2D eigenvalue weighted by Gasteiger charge is -2.07. The third-order valence-corrected chi connectivity index (χ3v) is 2.88. The molecule has 0 bridgehead atoms. The van der Waals surface area contributed by atoms with Crippen molar-refractivity contribution in [2.45, 2.75) is 6.61 Å². The van der Waals surface area contributed by atoms with E-state index in [1.807, 2.05) is 24.3 Å². The fourth-order valence-electron chi connectivity index (χ4n) is 1.91. The zero-order valence-electron chi connectivity index (χ0n) is 10.1. The van der Waals surface area contributed by atoms with Crippen LogP contribution < -0.4 is 9.47 Å². The Hall–Kier alpha value is -2.56. The Balaban J connectivity index is 1.74. The molecule has 5 heteroatoms. The Morgan fingerprint density at radius 2 is 2.32 bits per heavy atom. The summed E-state index contributed by atoms with van der Waals surface area (Å²) in [5.74, 6) is 1.39. The zero-order valence-corrected chi connectivity index (χ0v) is 10.1. The van der Waals surface area contributed by atoms with Gasteiger partial charge in [-0.3, -0.25) is 4.98 Å². The van der Waals surface area contributed by atoms with Gasteiger partial charge in [0.15, 0.2) is 0 Å². The SMILES string of the molecule is O/N=C1\COc2cc(OCc3cccnc3)ccc21. The van der Waals surface area contributed by atoms with Crippen LogP contribution in [0.15, 0.2) is 47.9 Å². The second-order valence-corrected chi connectivity index (χ2v) is 4.14. The highest BCUT2D eigenvalue weighted by Gasteiger charge is 2.20. The van der Waals surface area contributed by atoms with Crippen molar-refractivity contribution < 1.29 is 14.7 Å². The van der Waals surface area contributed by atoms with Gasteiger partial charge in [-0.1, -0.05) is 11.2 Å². The summed E-state index contributed by atoms with van der Waals surface area (Å²) in [6, 6.07) is 9.27. The van der Waals surface area contributed by atoms with Crippen LogP contribution in [0.25, 0.3) is 0 Å². The molecule has 0 saturated heterocycles. The Kier molecular flexibility index (Phi) is 3.02. The standard InChI is InChI=1S/C14H12N2O3/c17-16-13-9-19-14-6-11(3-4-12(13)14)18-8-10-2-1-5-15-7-10/h1-7,17H,8-9H2/b16-13+. The Labute approximate surface area is 110 Å². The van der Waals surface area contributed by atoms with E-state index in [1.165, 1.54) is 0 Å². The molecule has 96 valence electrons. The summed E-state index contributed by atoms with van der Waals surface area (Å²) in [7, 11) is 0. The smallest absolute Gasteiger partial charge is 0.134 e. The molecule has 1 aliphatic rings. The van der Waals surface area contributed by atoms with Crippen LogP contribution in [0.5, 0.6) is 11.5 Å². The number of rotatable bonds is 3. The number of pyridine rings is 1. The van der Waals surface area contributed by atoms with Gasteiger partial charge in [-0.15, -0.1) is 0 Å². The highest BCUT2D eigenvalue weighted by molar-refractivity contribution is 6.05. The van der Waals surface area contributed by atoms with Gasteiger partial charge in [0.2, 0.25) is 0 Å². The number of hydrogen-bond donors (Lipinski definition) is 1. The van der Waals surface area contributed by atoms with Gasteiger partial charge in [-0.2, -0.15) is 0 Å². The van der Waals surface area contributed by atoms with Crippen LogP contribution >= 0.6 is 0 Å². The molecule has 0 saturated carbocycles. The summed E-state index contributed by atoms with van der Waals surface area (Å²) < 4.78 is 11.1. The molecule has 5 nitrogen and oxygen atoms in total. The zero-order chi connectivity index (χ0) is 13.1. The first-order valence-electron chi connectivity index (χ1n) is 5.86. The molecule has 0 radical (unpaired) electrons. The highest BCUT2D eigenvalue weighted by atomic mass is 16.5. The van der Waals surface area contributed by atoms with Crippen LogP contribution in [-0.4, -0.2) is 22.5 Å². The summed E-state index contributed by atoms with van der Waals surface area (Å²) in [4.78, 5) is 4.03. The Morgan fingerprint density at radius 3 is 3.11 bits per heavy atom. The molecule has 0 aliphatic carbocycles. The lowest BCUT2D eigenvalue weighted by atomic mass is 10.1. The molecule has 3 rings (SSSR count). The van der Waals surface area contributed by atoms with E-state index in [0.717, 1.165) is 11.1 Å². The van der Waals surface area contributed by atoms with E-state index in [-0.39, 0.29) is 6.61 Å². The predicted octanol–water partition coefficient (Wildman–Crippen LogP) is 2.23. The highest BCUT2D eigenvalue weighted by Crippen LogP contribution is 2.30. The van der Waals surface area contributed by atoms with E-state index in [2.05, 4.69) is 10.1 Å². The van der Waals surface area contributed by atoms with E-state index in [1.54, 1.807) is 18.5 Å². The van der Waals surface area contributed by atoms with Gasteiger partial charge < -0.3 is 14.7 Å². The van der Waals surface area contributed by atoms with Crippen LogP contribution in [0, 0.1) is 0 Å². The number of aromatic nitrogens is 1. The number of hydrogen-bond acceptors (Lipinski definition) is 5. The lowest BCUT2D eigenvalue weighted by Crippen LogP contribution is -2.01. The third-order valence-electron chi connectivity index (χ3n) is 2.88. The molecule has 0 atom stereocenters. The average molecular weight is 256 g/mol. The Morgan fingerprint density at radius 1 is 1.37 bits per heavy atom. The minimum absolute atomic E-state index is 0.290. The van der Waals surface area contributed by atoms with Gasteiger partial charge in [-0.25, -0.2) is 0 Å². The van der Waals surface area contributed by atoms with Crippen LogP contribution in [0.2, 0.25) is 0 Å². The average Bonchev–Trinajstić information content (AvgIpc) is 2.88. The van der Waals surface area contributed by atoms with Crippen LogP contribution in [-0.2, 0) is 6.61 Å². The quantitative estimate of drug-likeness (QED) is 0.675. The second-order valence-electron chi connectivity index (χ2n) is 4.14. The van der Waals surface area contributed by atoms with Crippen molar-refractivity contribution in [2.24, 2.45) is 5.16 Å². The number of nitrogens with zero attached hydrogens (tertiary/aromatic N) is 2. The first kappa shape index (κ1) is 11.5. The van der Waals surface area contributed by atoms with Crippen LogP contribution in [0.4, 0.5) is 0 Å². The first-order chi connectivity index (χ1) is 9.36. The van der Waals surface area contributed by atoms with Gasteiger partial charge in [0.25, 0.3) is 0 Å². The first-order valence-corrected chi connectivity index (χ1v) is 5.86. The number of ether oxygens (including phenoxy) is 2. The minimum Gasteiger partial charge on any atom is -0.489 e. The van der Waals surface area contributed by atoms with E-state index < -0.39 is 0 Å². The van der Waals surface area contributed by atoms with E-state index in [0.29, 0.717) is 23.8 Å². The molecular formula is C14H12N2O3. The molecule has 1 aliphatic heterocycles. The van der Waals surface area contributed by atoms with Crippen molar-refractivity contribution in [3.63, 3.8) is 0 Å². The van der Waals surface area contributed by atoms with Crippen molar-refractivity contribution >= 4 is 5.71 Å². The van der Waals surface area contributed by atoms with Crippen molar-refractivity contribution in [2.75, 3.05) is 6.61 Å². The van der Waals surface area contributed by atoms with Crippen LogP contribution in [0.3, 0.4) is 0 Å². The summed E-state index contributed by atoms with van der Waals surface area (Å²) in [6.45, 7) is 0.742. The maximum absolute atomic E-state index is 8.80. The molecule has 0 spiro atoms.